The van der Waals surface area contributed by atoms with Crippen LogP contribution in [0.3, 0.4) is 0 Å². The molecular weight excluding hydrogens is 310 g/mol. The van der Waals surface area contributed by atoms with Gasteiger partial charge in [0.2, 0.25) is 0 Å². The number of anilines is 1. The SMILES string of the molecule is C=Cc1cnn2c(NCCCN)cc(-c3ccccc3Cl)nc12. The van der Waals surface area contributed by atoms with E-state index in [2.05, 4.69) is 17.0 Å². The summed E-state index contributed by atoms with van der Waals surface area (Å²) in [5.74, 6) is 0.853. The molecule has 2 heterocycles. The van der Waals surface area contributed by atoms with Crippen LogP contribution in [0.25, 0.3) is 23.0 Å². The number of aromatic nitrogens is 3. The first-order chi connectivity index (χ1) is 11.2. The molecule has 0 bridgehead atoms. The van der Waals surface area contributed by atoms with E-state index in [9.17, 15) is 0 Å². The van der Waals surface area contributed by atoms with Crippen LogP contribution in [0.2, 0.25) is 5.02 Å². The molecule has 0 aliphatic carbocycles. The quantitative estimate of drug-likeness (QED) is 0.680. The van der Waals surface area contributed by atoms with E-state index in [0.717, 1.165) is 41.3 Å². The summed E-state index contributed by atoms with van der Waals surface area (Å²) in [6.07, 6.45) is 4.37. The number of nitrogens with zero attached hydrogens (tertiary/aromatic N) is 3. The number of nitrogens with one attached hydrogen (secondary N) is 1. The number of nitrogens with two attached hydrogens (primary N) is 1. The van der Waals surface area contributed by atoms with Crippen molar-refractivity contribution in [3.63, 3.8) is 0 Å². The van der Waals surface area contributed by atoms with Crippen LogP contribution in [0.1, 0.15) is 12.0 Å². The highest BCUT2D eigenvalue weighted by Gasteiger charge is 2.12. The van der Waals surface area contributed by atoms with Crippen LogP contribution < -0.4 is 11.1 Å². The lowest BCUT2D eigenvalue weighted by Crippen LogP contribution is -2.11. The molecule has 0 unspecified atom stereocenters. The molecule has 0 radical (unpaired) electrons. The minimum Gasteiger partial charge on any atom is -0.370 e. The smallest absolute Gasteiger partial charge is 0.165 e. The molecule has 0 fully saturated rings. The first-order valence-electron chi connectivity index (χ1n) is 7.44. The van der Waals surface area contributed by atoms with Crippen molar-refractivity contribution < 1.29 is 0 Å². The molecule has 0 saturated carbocycles. The standard InChI is InChI=1S/C17H18ClN5/c1-2-12-11-21-23-16(20-9-5-8-19)10-15(22-17(12)23)13-6-3-4-7-14(13)18/h2-4,6-7,10-11,20H,1,5,8-9,19H2. The Bertz CT molecular complexity index is 840. The normalized spacial score (nSPS) is 10.9. The number of hydrogen-bond acceptors (Lipinski definition) is 4. The lowest BCUT2D eigenvalue weighted by Gasteiger charge is -2.11. The molecule has 0 aliphatic heterocycles. The van der Waals surface area contributed by atoms with Gasteiger partial charge in [0.05, 0.1) is 11.9 Å². The monoisotopic (exact) mass is 327 g/mol. The van der Waals surface area contributed by atoms with Crippen LogP contribution >= 0.6 is 11.6 Å². The van der Waals surface area contributed by atoms with Gasteiger partial charge >= 0.3 is 0 Å². The molecule has 0 atom stereocenters. The summed E-state index contributed by atoms with van der Waals surface area (Å²) in [5, 5.41) is 8.40. The molecule has 23 heavy (non-hydrogen) atoms. The predicted molar refractivity (Wildman–Crippen MR) is 95.7 cm³/mol. The lowest BCUT2D eigenvalue weighted by atomic mass is 10.1. The van der Waals surface area contributed by atoms with E-state index >= 15 is 0 Å². The fraction of sp³-hybridized carbons (Fsp3) is 0.176. The number of rotatable bonds is 6. The first-order valence-corrected chi connectivity index (χ1v) is 7.82. The van der Waals surface area contributed by atoms with Gasteiger partial charge in [-0.2, -0.15) is 9.61 Å². The van der Waals surface area contributed by atoms with Crippen LogP contribution in [0.4, 0.5) is 5.82 Å². The van der Waals surface area contributed by atoms with Crippen LogP contribution in [0, 0.1) is 0 Å². The molecule has 3 N–H and O–H groups in total. The number of halogens is 1. The third kappa shape index (κ3) is 3.06. The molecule has 6 heteroatoms. The molecule has 0 spiro atoms. The molecule has 2 aromatic heterocycles. The average Bonchev–Trinajstić information content (AvgIpc) is 2.98. The summed E-state index contributed by atoms with van der Waals surface area (Å²) in [6.45, 7) is 5.22. The van der Waals surface area contributed by atoms with Crippen molar-refractivity contribution in [3.05, 3.63) is 53.7 Å². The Morgan fingerprint density at radius 1 is 1.35 bits per heavy atom. The van der Waals surface area contributed by atoms with Crippen LogP contribution in [0.15, 0.2) is 43.1 Å². The summed E-state index contributed by atoms with van der Waals surface area (Å²) < 4.78 is 1.77. The van der Waals surface area contributed by atoms with E-state index in [4.69, 9.17) is 22.3 Å². The van der Waals surface area contributed by atoms with E-state index in [1.165, 1.54) is 0 Å². The summed E-state index contributed by atoms with van der Waals surface area (Å²) in [4.78, 5) is 4.71. The van der Waals surface area contributed by atoms with Crippen molar-refractivity contribution in [2.45, 2.75) is 6.42 Å². The van der Waals surface area contributed by atoms with Gasteiger partial charge in [0.25, 0.3) is 0 Å². The summed E-state index contributed by atoms with van der Waals surface area (Å²) in [5.41, 5.74) is 8.86. The van der Waals surface area contributed by atoms with Gasteiger partial charge in [0.1, 0.15) is 5.82 Å². The maximum absolute atomic E-state index is 6.32. The van der Waals surface area contributed by atoms with E-state index < -0.39 is 0 Å². The van der Waals surface area contributed by atoms with E-state index in [0.29, 0.717) is 11.6 Å². The van der Waals surface area contributed by atoms with Crippen molar-refractivity contribution in [1.82, 2.24) is 14.6 Å². The molecule has 5 nitrogen and oxygen atoms in total. The zero-order valence-electron chi connectivity index (χ0n) is 12.7. The molecule has 3 rings (SSSR count). The zero-order valence-corrected chi connectivity index (χ0v) is 13.4. The van der Waals surface area contributed by atoms with Crippen molar-refractivity contribution >= 4 is 29.1 Å². The van der Waals surface area contributed by atoms with E-state index in [1.807, 2.05) is 30.3 Å². The van der Waals surface area contributed by atoms with Gasteiger partial charge in [0.15, 0.2) is 5.65 Å². The van der Waals surface area contributed by atoms with Crippen molar-refractivity contribution in [1.29, 1.82) is 0 Å². The van der Waals surface area contributed by atoms with E-state index in [1.54, 1.807) is 16.8 Å². The molecule has 1 aromatic carbocycles. The third-order valence-electron chi connectivity index (χ3n) is 3.56. The van der Waals surface area contributed by atoms with Gasteiger partial charge in [-0.25, -0.2) is 4.98 Å². The molecule has 0 aliphatic rings. The Balaban J connectivity index is 2.15. The van der Waals surface area contributed by atoms with Gasteiger partial charge in [-0.3, -0.25) is 0 Å². The topological polar surface area (TPSA) is 68.2 Å². The maximum Gasteiger partial charge on any atom is 0.165 e. The minimum atomic E-state index is 0.635. The molecule has 118 valence electrons. The Morgan fingerprint density at radius 3 is 2.91 bits per heavy atom. The third-order valence-corrected chi connectivity index (χ3v) is 3.89. The second kappa shape index (κ2) is 6.81. The van der Waals surface area contributed by atoms with Crippen molar-refractivity contribution in [2.24, 2.45) is 5.73 Å². The van der Waals surface area contributed by atoms with Gasteiger partial charge in [0, 0.05) is 28.8 Å². The largest absolute Gasteiger partial charge is 0.370 e. The maximum atomic E-state index is 6.32. The number of benzene rings is 1. The van der Waals surface area contributed by atoms with Gasteiger partial charge in [-0.05, 0) is 19.0 Å². The fourth-order valence-corrected chi connectivity index (χ4v) is 2.61. The molecule has 0 saturated heterocycles. The fourth-order valence-electron chi connectivity index (χ4n) is 2.38. The van der Waals surface area contributed by atoms with Crippen molar-refractivity contribution in [2.75, 3.05) is 18.4 Å². The Labute approximate surface area is 139 Å². The second-order valence-corrected chi connectivity index (χ2v) is 5.52. The Kier molecular flexibility index (Phi) is 4.60. The number of hydrogen-bond donors (Lipinski definition) is 2. The highest BCUT2D eigenvalue weighted by atomic mass is 35.5. The summed E-state index contributed by atoms with van der Waals surface area (Å²) in [6, 6.07) is 9.60. The van der Waals surface area contributed by atoms with E-state index in [-0.39, 0.29) is 0 Å². The zero-order chi connectivity index (χ0) is 16.2. The Hall–Kier alpha value is -2.37. The van der Waals surface area contributed by atoms with Gasteiger partial charge < -0.3 is 11.1 Å². The summed E-state index contributed by atoms with van der Waals surface area (Å²) >= 11 is 6.32. The number of fused-ring (bicyclic) bond motifs is 1. The molecule has 0 amide bonds. The first kappa shape index (κ1) is 15.5. The molecular formula is C17H18ClN5. The van der Waals surface area contributed by atoms with Crippen molar-refractivity contribution in [3.8, 4) is 11.3 Å². The van der Waals surface area contributed by atoms with Crippen LogP contribution in [-0.4, -0.2) is 27.7 Å². The average molecular weight is 328 g/mol. The highest BCUT2D eigenvalue weighted by Crippen LogP contribution is 2.29. The highest BCUT2D eigenvalue weighted by molar-refractivity contribution is 6.33. The lowest BCUT2D eigenvalue weighted by molar-refractivity contribution is 0.852. The van der Waals surface area contributed by atoms with Gasteiger partial charge in [-0.1, -0.05) is 42.5 Å². The minimum absolute atomic E-state index is 0.635. The van der Waals surface area contributed by atoms with Gasteiger partial charge in [-0.15, -0.1) is 0 Å². The molecule has 3 aromatic rings. The predicted octanol–water partition coefficient (Wildman–Crippen LogP) is 3.45. The summed E-state index contributed by atoms with van der Waals surface area (Å²) in [7, 11) is 0. The second-order valence-electron chi connectivity index (χ2n) is 5.11. The van der Waals surface area contributed by atoms with Crippen LogP contribution in [-0.2, 0) is 0 Å². The Morgan fingerprint density at radius 2 is 2.17 bits per heavy atom. The van der Waals surface area contributed by atoms with Crippen LogP contribution in [0.5, 0.6) is 0 Å².